The smallest absolute Gasteiger partial charge is 0.305 e. The Bertz CT molecular complexity index is 165. The minimum atomic E-state index is -0.881. The van der Waals surface area contributed by atoms with Gasteiger partial charge >= 0.3 is 5.97 Å². The van der Waals surface area contributed by atoms with E-state index in [1.165, 1.54) is 0 Å². The number of hydrogen-bond acceptors (Lipinski definition) is 5. The quantitative estimate of drug-likeness (QED) is 0.392. The summed E-state index contributed by atoms with van der Waals surface area (Å²) in [5, 5.41) is 8.35. The number of hydrogen-bond donors (Lipinski definition) is 2. The summed E-state index contributed by atoms with van der Waals surface area (Å²) in [6, 6.07) is 0. The number of carbonyl (C=O) groups is 1. The van der Waals surface area contributed by atoms with E-state index in [0.29, 0.717) is 26.4 Å². The maximum atomic E-state index is 10.2. The molecule has 0 aliphatic carbocycles. The van der Waals surface area contributed by atoms with Crippen molar-refractivity contribution < 1.29 is 24.1 Å². The second kappa shape index (κ2) is 9.85. The second-order valence-corrected chi connectivity index (χ2v) is 2.85. The summed E-state index contributed by atoms with van der Waals surface area (Å²) in [6.45, 7) is 3.74. The average Bonchev–Trinajstić information content (AvgIpc) is 2.17. The number of aliphatic carboxylic acids is 1. The molecule has 0 aromatic rings. The fourth-order valence-corrected chi connectivity index (χ4v) is 0.819. The zero-order valence-electron chi connectivity index (χ0n) is 8.98. The molecule has 0 radical (unpaired) electrons. The molecule has 0 fully saturated rings. The molecular formula is C9H19NO5. The normalized spacial score (nSPS) is 12.7. The van der Waals surface area contributed by atoms with Crippen LogP contribution in [0, 0.1) is 0 Å². The number of carboxylic acid groups (broad SMARTS) is 1. The molecule has 0 aliphatic heterocycles. The van der Waals surface area contributed by atoms with Crippen molar-refractivity contribution >= 4 is 5.97 Å². The molecule has 15 heavy (non-hydrogen) atoms. The fourth-order valence-electron chi connectivity index (χ4n) is 0.819. The van der Waals surface area contributed by atoms with E-state index in [2.05, 4.69) is 0 Å². The highest BCUT2D eigenvalue weighted by Crippen LogP contribution is 1.95. The summed E-state index contributed by atoms with van der Waals surface area (Å²) in [5.41, 5.74) is 5.22. The van der Waals surface area contributed by atoms with Crippen LogP contribution in [0.3, 0.4) is 0 Å². The lowest BCUT2D eigenvalue weighted by Gasteiger charge is -2.13. The lowest BCUT2D eigenvalue weighted by atomic mass is 10.5. The van der Waals surface area contributed by atoms with E-state index < -0.39 is 12.3 Å². The molecule has 1 atom stereocenters. The zero-order chi connectivity index (χ0) is 11.5. The van der Waals surface area contributed by atoms with Gasteiger partial charge in [0, 0.05) is 6.54 Å². The van der Waals surface area contributed by atoms with Gasteiger partial charge in [-0.2, -0.15) is 0 Å². The van der Waals surface area contributed by atoms with Gasteiger partial charge in [-0.15, -0.1) is 0 Å². The van der Waals surface area contributed by atoms with E-state index in [4.69, 9.17) is 25.1 Å². The van der Waals surface area contributed by atoms with Crippen LogP contribution in [-0.4, -0.2) is 50.3 Å². The van der Waals surface area contributed by atoms with Crippen LogP contribution in [0.1, 0.15) is 13.3 Å². The summed E-state index contributed by atoms with van der Waals surface area (Å²) in [7, 11) is 0. The first-order valence-corrected chi connectivity index (χ1v) is 4.89. The van der Waals surface area contributed by atoms with E-state index in [1.54, 1.807) is 6.92 Å². The SMILES string of the molecule is CC(OCCOCCN)OCCC(=O)O. The first kappa shape index (κ1) is 14.3. The molecule has 0 saturated heterocycles. The Labute approximate surface area is 89.3 Å². The zero-order valence-corrected chi connectivity index (χ0v) is 8.98. The molecule has 90 valence electrons. The van der Waals surface area contributed by atoms with Crippen molar-refractivity contribution in [3.8, 4) is 0 Å². The van der Waals surface area contributed by atoms with E-state index in [-0.39, 0.29) is 13.0 Å². The molecule has 0 aromatic heterocycles. The van der Waals surface area contributed by atoms with Crippen molar-refractivity contribution in [3.63, 3.8) is 0 Å². The molecule has 0 amide bonds. The summed E-state index contributed by atoms with van der Waals surface area (Å²) < 4.78 is 15.3. The fraction of sp³-hybridized carbons (Fsp3) is 0.889. The van der Waals surface area contributed by atoms with Crippen LogP contribution in [0.2, 0.25) is 0 Å². The molecule has 0 spiro atoms. The van der Waals surface area contributed by atoms with Crippen molar-refractivity contribution in [1.29, 1.82) is 0 Å². The van der Waals surface area contributed by atoms with E-state index >= 15 is 0 Å². The van der Waals surface area contributed by atoms with Gasteiger partial charge in [0.25, 0.3) is 0 Å². The largest absolute Gasteiger partial charge is 0.481 e. The minimum absolute atomic E-state index is 0.0165. The molecule has 0 heterocycles. The monoisotopic (exact) mass is 221 g/mol. The predicted octanol–water partition coefficient (Wildman–Crippen LogP) is -0.184. The standard InChI is InChI=1S/C9H19NO5/c1-8(14-4-2-9(11)12)15-7-6-13-5-3-10/h8H,2-7,10H2,1H3,(H,11,12). The van der Waals surface area contributed by atoms with Gasteiger partial charge in [-0.1, -0.05) is 0 Å². The molecular weight excluding hydrogens is 202 g/mol. The van der Waals surface area contributed by atoms with Crippen LogP contribution < -0.4 is 5.73 Å². The van der Waals surface area contributed by atoms with Crippen molar-refractivity contribution in [2.75, 3.05) is 33.0 Å². The van der Waals surface area contributed by atoms with Crippen molar-refractivity contribution in [3.05, 3.63) is 0 Å². The van der Waals surface area contributed by atoms with Gasteiger partial charge in [0.05, 0.1) is 32.8 Å². The van der Waals surface area contributed by atoms with Crippen LogP contribution in [-0.2, 0) is 19.0 Å². The Morgan fingerprint density at radius 1 is 1.27 bits per heavy atom. The van der Waals surface area contributed by atoms with Gasteiger partial charge in [0.1, 0.15) is 0 Å². The maximum absolute atomic E-state index is 10.2. The third-order valence-corrected chi connectivity index (χ3v) is 1.51. The van der Waals surface area contributed by atoms with Crippen LogP contribution in [0.4, 0.5) is 0 Å². The summed E-state index contributed by atoms with van der Waals surface area (Å²) in [6.07, 6.45) is -0.428. The number of rotatable bonds is 10. The van der Waals surface area contributed by atoms with Crippen LogP contribution in [0.15, 0.2) is 0 Å². The number of nitrogens with two attached hydrogens (primary N) is 1. The third kappa shape index (κ3) is 11.2. The highest BCUT2D eigenvalue weighted by atomic mass is 16.7. The Kier molecular flexibility index (Phi) is 9.40. The van der Waals surface area contributed by atoms with E-state index in [1.807, 2.05) is 0 Å². The van der Waals surface area contributed by atoms with Crippen molar-refractivity contribution in [2.45, 2.75) is 19.6 Å². The molecule has 6 heteroatoms. The first-order valence-electron chi connectivity index (χ1n) is 4.89. The molecule has 0 rings (SSSR count). The molecule has 6 nitrogen and oxygen atoms in total. The minimum Gasteiger partial charge on any atom is -0.481 e. The summed E-state index contributed by atoms with van der Waals surface area (Å²) in [5.74, 6) is -0.881. The molecule has 0 aliphatic rings. The topological polar surface area (TPSA) is 91.0 Å². The predicted molar refractivity (Wildman–Crippen MR) is 53.5 cm³/mol. The Balaban J connectivity index is 3.18. The van der Waals surface area contributed by atoms with Gasteiger partial charge in [-0.05, 0) is 6.92 Å². The van der Waals surface area contributed by atoms with Crippen LogP contribution in [0.5, 0.6) is 0 Å². The van der Waals surface area contributed by atoms with Gasteiger partial charge in [-0.25, -0.2) is 0 Å². The Hall–Kier alpha value is -0.690. The van der Waals surface area contributed by atoms with E-state index in [0.717, 1.165) is 0 Å². The lowest BCUT2D eigenvalue weighted by molar-refractivity contribution is -0.151. The van der Waals surface area contributed by atoms with Crippen LogP contribution >= 0.6 is 0 Å². The van der Waals surface area contributed by atoms with Crippen molar-refractivity contribution in [1.82, 2.24) is 0 Å². The maximum Gasteiger partial charge on any atom is 0.305 e. The summed E-state index contributed by atoms with van der Waals surface area (Å²) >= 11 is 0. The highest BCUT2D eigenvalue weighted by molar-refractivity contribution is 5.66. The van der Waals surface area contributed by atoms with Crippen molar-refractivity contribution in [2.24, 2.45) is 5.73 Å². The molecule has 1 unspecified atom stereocenters. The van der Waals surface area contributed by atoms with E-state index in [9.17, 15) is 4.79 Å². The molecule has 0 bridgehead atoms. The summed E-state index contributed by atoms with van der Waals surface area (Å²) in [4.78, 5) is 10.2. The lowest BCUT2D eigenvalue weighted by Crippen LogP contribution is -2.19. The third-order valence-electron chi connectivity index (χ3n) is 1.51. The van der Waals surface area contributed by atoms with Crippen LogP contribution in [0.25, 0.3) is 0 Å². The number of carboxylic acids is 1. The van der Waals surface area contributed by atoms with Gasteiger partial charge in [0.15, 0.2) is 6.29 Å². The molecule has 0 saturated carbocycles. The average molecular weight is 221 g/mol. The molecule has 0 aromatic carbocycles. The molecule has 3 N–H and O–H groups in total. The second-order valence-electron chi connectivity index (χ2n) is 2.85. The highest BCUT2D eigenvalue weighted by Gasteiger charge is 2.03. The number of ether oxygens (including phenoxy) is 3. The Morgan fingerprint density at radius 3 is 2.53 bits per heavy atom. The van der Waals surface area contributed by atoms with Gasteiger partial charge < -0.3 is 25.1 Å². The van der Waals surface area contributed by atoms with Gasteiger partial charge in [0.2, 0.25) is 0 Å². The first-order chi connectivity index (χ1) is 7.16. The van der Waals surface area contributed by atoms with Gasteiger partial charge in [-0.3, -0.25) is 4.79 Å². The Morgan fingerprint density at radius 2 is 1.93 bits per heavy atom.